The maximum absolute atomic E-state index is 14.4. The highest BCUT2D eigenvalue weighted by Crippen LogP contribution is 2.43. The van der Waals surface area contributed by atoms with Gasteiger partial charge < -0.3 is 4.74 Å². The van der Waals surface area contributed by atoms with Gasteiger partial charge in [0.1, 0.15) is 0 Å². The van der Waals surface area contributed by atoms with Crippen LogP contribution in [0.15, 0.2) is 60.7 Å². The zero-order chi connectivity index (χ0) is 22.9. The van der Waals surface area contributed by atoms with Crippen LogP contribution in [-0.4, -0.2) is 12.8 Å². The van der Waals surface area contributed by atoms with Crippen LogP contribution in [-0.2, 0) is 9.59 Å². The molecule has 4 rings (SSSR count). The zero-order valence-electron chi connectivity index (χ0n) is 18.9. The molecule has 168 valence electrons. The number of benzene rings is 3. The van der Waals surface area contributed by atoms with Crippen LogP contribution in [0.4, 0.5) is 4.39 Å². The van der Waals surface area contributed by atoms with Gasteiger partial charge in [0.2, 0.25) is 0 Å². The average molecular weight is 435 g/mol. The van der Waals surface area contributed by atoms with Crippen LogP contribution in [0.3, 0.4) is 0 Å². The van der Waals surface area contributed by atoms with E-state index in [1.165, 1.54) is 29.2 Å². The van der Waals surface area contributed by atoms with E-state index in [4.69, 9.17) is 14.3 Å². The first-order valence-corrected chi connectivity index (χ1v) is 11.5. The molecule has 0 N–H and O–H groups in total. The van der Waals surface area contributed by atoms with Gasteiger partial charge in [-0.1, -0.05) is 62.4 Å². The van der Waals surface area contributed by atoms with Gasteiger partial charge in [0.05, 0.1) is 6.61 Å². The van der Waals surface area contributed by atoms with Crippen LogP contribution in [0.5, 0.6) is 5.75 Å². The van der Waals surface area contributed by atoms with Gasteiger partial charge in [-0.3, -0.25) is 0 Å². The van der Waals surface area contributed by atoms with Crippen LogP contribution in [0.25, 0.3) is 10.8 Å². The number of carbonyl (C=O) groups excluding carboxylic acids is 2. The van der Waals surface area contributed by atoms with Crippen molar-refractivity contribution in [3.63, 3.8) is 0 Å². The van der Waals surface area contributed by atoms with Crippen molar-refractivity contribution in [3.05, 3.63) is 77.6 Å². The molecule has 32 heavy (non-hydrogen) atoms. The number of halogens is 1. The Bertz CT molecular complexity index is 1050. The Labute approximate surface area is 189 Å². The fourth-order valence-corrected chi connectivity index (χ4v) is 5.00. The summed E-state index contributed by atoms with van der Waals surface area (Å²) in [6.07, 6.45) is 5.88. The van der Waals surface area contributed by atoms with E-state index in [1.54, 1.807) is 6.07 Å². The number of fused-ring (bicyclic) bond motifs is 1. The Morgan fingerprint density at radius 3 is 2.56 bits per heavy atom. The van der Waals surface area contributed by atoms with Crippen LogP contribution in [0.2, 0.25) is 0 Å². The molecule has 1 aliphatic carbocycles. The molecule has 1 saturated carbocycles. The summed E-state index contributed by atoms with van der Waals surface area (Å²) < 4.78 is 19.9. The predicted octanol–water partition coefficient (Wildman–Crippen LogP) is 7.26. The fourth-order valence-electron chi connectivity index (χ4n) is 5.00. The Balaban J connectivity index is 0.000000913. The molecule has 0 unspecified atom stereocenters. The summed E-state index contributed by atoms with van der Waals surface area (Å²) in [4.78, 5) is 16.2. The van der Waals surface area contributed by atoms with Gasteiger partial charge in [0, 0.05) is 0 Å². The van der Waals surface area contributed by atoms with Crippen molar-refractivity contribution in [2.75, 3.05) is 6.61 Å². The summed E-state index contributed by atoms with van der Waals surface area (Å²) in [5.74, 6) is 1.87. The zero-order valence-corrected chi connectivity index (χ0v) is 18.9. The number of rotatable bonds is 7. The third-order valence-electron chi connectivity index (χ3n) is 6.47. The van der Waals surface area contributed by atoms with E-state index in [0.717, 1.165) is 24.8 Å². The van der Waals surface area contributed by atoms with Crippen molar-refractivity contribution in [2.45, 2.75) is 57.8 Å². The van der Waals surface area contributed by atoms with Crippen LogP contribution in [0, 0.1) is 11.7 Å². The normalized spacial score (nSPS) is 18.5. The van der Waals surface area contributed by atoms with E-state index >= 15 is 0 Å². The van der Waals surface area contributed by atoms with Gasteiger partial charge >= 0.3 is 6.15 Å². The lowest BCUT2D eigenvalue weighted by Crippen LogP contribution is -2.04. The Hall–Kier alpha value is -2.97. The van der Waals surface area contributed by atoms with Crippen LogP contribution in [0.1, 0.15) is 68.9 Å². The maximum Gasteiger partial charge on any atom is 0.373 e. The third-order valence-corrected chi connectivity index (χ3v) is 6.47. The molecule has 1 fully saturated rings. The molecule has 3 nitrogen and oxygen atoms in total. The second-order valence-electron chi connectivity index (χ2n) is 8.70. The van der Waals surface area contributed by atoms with Crippen molar-refractivity contribution in [2.24, 2.45) is 5.92 Å². The van der Waals surface area contributed by atoms with Crippen molar-refractivity contribution in [1.82, 2.24) is 0 Å². The van der Waals surface area contributed by atoms with E-state index < -0.39 is 0 Å². The molecular weight excluding hydrogens is 403 g/mol. The Kier molecular flexibility index (Phi) is 8.58. The minimum Gasteiger partial charge on any atom is -0.491 e. The number of hydrogen-bond donors (Lipinski definition) is 0. The molecule has 0 heterocycles. The molecule has 0 radical (unpaired) electrons. The fraction of sp³-hybridized carbons (Fsp3) is 0.393. The number of ether oxygens (including phenoxy) is 1. The van der Waals surface area contributed by atoms with Gasteiger partial charge in [-0.2, -0.15) is 9.59 Å². The second kappa shape index (κ2) is 11.6. The van der Waals surface area contributed by atoms with Gasteiger partial charge in [0.25, 0.3) is 0 Å². The highest BCUT2D eigenvalue weighted by Gasteiger charge is 2.28. The molecule has 0 spiro atoms. The quantitative estimate of drug-likeness (QED) is 0.393. The summed E-state index contributed by atoms with van der Waals surface area (Å²) >= 11 is 0. The highest BCUT2D eigenvalue weighted by molar-refractivity contribution is 5.86. The molecule has 0 aromatic heterocycles. The van der Waals surface area contributed by atoms with Crippen molar-refractivity contribution >= 4 is 16.9 Å². The summed E-state index contributed by atoms with van der Waals surface area (Å²) in [7, 11) is 0. The molecule has 1 aliphatic rings. The van der Waals surface area contributed by atoms with Crippen molar-refractivity contribution in [1.29, 1.82) is 0 Å². The molecule has 0 amide bonds. The molecule has 4 heteroatoms. The highest BCUT2D eigenvalue weighted by atomic mass is 19.1. The lowest BCUT2D eigenvalue weighted by atomic mass is 9.86. The minimum absolute atomic E-state index is 0.219. The summed E-state index contributed by atoms with van der Waals surface area (Å²) in [6, 6.07) is 20.9. The first kappa shape index (κ1) is 23.7. The van der Waals surface area contributed by atoms with Crippen molar-refractivity contribution < 1.29 is 18.7 Å². The van der Waals surface area contributed by atoms with E-state index in [0.29, 0.717) is 30.1 Å². The molecule has 3 aromatic carbocycles. The third kappa shape index (κ3) is 5.83. The summed E-state index contributed by atoms with van der Waals surface area (Å²) in [6.45, 7) is 4.95. The van der Waals surface area contributed by atoms with E-state index in [2.05, 4.69) is 55.5 Å². The van der Waals surface area contributed by atoms with E-state index in [1.807, 2.05) is 13.0 Å². The predicted molar refractivity (Wildman–Crippen MR) is 124 cm³/mol. The van der Waals surface area contributed by atoms with Gasteiger partial charge in [-0.25, -0.2) is 4.39 Å². The molecule has 0 bridgehead atoms. The first-order chi connectivity index (χ1) is 15.6. The second-order valence-corrected chi connectivity index (χ2v) is 8.70. The van der Waals surface area contributed by atoms with Crippen LogP contribution >= 0.6 is 0 Å². The lowest BCUT2D eigenvalue weighted by molar-refractivity contribution is -0.191. The average Bonchev–Trinajstić information content (AvgIpc) is 3.27. The summed E-state index contributed by atoms with van der Waals surface area (Å²) in [5, 5.41) is 2.70. The monoisotopic (exact) mass is 434 g/mol. The van der Waals surface area contributed by atoms with Gasteiger partial charge in [0.15, 0.2) is 11.6 Å². The molecule has 0 aliphatic heterocycles. The smallest absolute Gasteiger partial charge is 0.373 e. The largest absolute Gasteiger partial charge is 0.491 e. The van der Waals surface area contributed by atoms with Crippen LogP contribution < -0.4 is 4.74 Å². The maximum atomic E-state index is 14.4. The van der Waals surface area contributed by atoms with E-state index in [9.17, 15) is 4.39 Å². The van der Waals surface area contributed by atoms with E-state index in [-0.39, 0.29) is 12.0 Å². The minimum atomic E-state index is -0.219. The topological polar surface area (TPSA) is 43.4 Å². The van der Waals surface area contributed by atoms with Gasteiger partial charge in [-0.15, -0.1) is 0 Å². The number of hydrogen-bond acceptors (Lipinski definition) is 3. The molecule has 3 atom stereocenters. The Morgan fingerprint density at radius 2 is 1.81 bits per heavy atom. The van der Waals surface area contributed by atoms with Crippen molar-refractivity contribution in [3.8, 4) is 5.75 Å². The van der Waals surface area contributed by atoms with Gasteiger partial charge in [-0.05, 0) is 83.9 Å². The molecule has 0 saturated heterocycles. The lowest BCUT2D eigenvalue weighted by Gasteiger charge is -2.19. The standard InChI is InChI=1S/C27H31FO.CO2/c1-3-15-29-27-14-13-23(18-26(27)28)22-12-11-20(17-22)16-19(2)24-10-6-8-21-7-4-5-9-25(21)24;2-1-3/h4-10,13-14,18-20,22H,3,11-12,15-17H2,1-2H3;/t19-,20+,22+;/m0./s1. The Morgan fingerprint density at radius 1 is 1.06 bits per heavy atom. The first-order valence-electron chi connectivity index (χ1n) is 11.5. The molecular formula is C28H31FO3. The SMILES string of the molecule is CCCOc1ccc([C@@H]2CC[C@H](C[C@H](C)c3cccc4ccccc34)C2)cc1F.O=C=O. The molecule has 3 aromatic rings. The summed E-state index contributed by atoms with van der Waals surface area (Å²) in [5.41, 5.74) is 2.58.